The molecule has 0 aromatic carbocycles. The van der Waals surface area contributed by atoms with Gasteiger partial charge in [-0.05, 0) is 24.2 Å². The Hall–Kier alpha value is -0.900. The Balaban J connectivity index is 2.20. The highest BCUT2D eigenvalue weighted by molar-refractivity contribution is 4.98. The number of aromatic nitrogens is 3. The molecule has 4 nitrogen and oxygen atoms in total. The van der Waals surface area contributed by atoms with E-state index in [-0.39, 0.29) is 5.41 Å². The van der Waals surface area contributed by atoms with Gasteiger partial charge in [-0.1, -0.05) is 27.2 Å². The Morgan fingerprint density at radius 1 is 1.38 bits per heavy atom. The normalized spacial score (nSPS) is 21.5. The van der Waals surface area contributed by atoms with Crippen molar-refractivity contribution in [2.75, 3.05) is 0 Å². The van der Waals surface area contributed by atoms with Crippen molar-refractivity contribution in [1.29, 1.82) is 0 Å². The fraction of sp³-hybridized carbons (Fsp3) is 0.833. The second-order valence-electron chi connectivity index (χ2n) is 5.90. The smallest absolute Gasteiger partial charge is 0.137 e. The summed E-state index contributed by atoms with van der Waals surface area (Å²) in [4.78, 5) is 3.93. The van der Waals surface area contributed by atoms with Gasteiger partial charge in [0, 0.05) is 0 Å². The summed E-state index contributed by atoms with van der Waals surface area (Å²) in [6, 6.07) is 0. The molecule has 90 valence electrons. The molecule has 0 bridgehead atoms. The van der Waals surface area contributed by atoms with E-state index >= 15 is 0 Å². The summed E-state index contributed by atoms with van der Waals surface area (Å²) >= 11 is 0. The predicted octanol–water partition coefficient (Wildman–Crippen LogP) is 1.86. The van der Waals surface area contributed by atoms with E-state index in [1.165, 1.54) is 12.7 Å². The Morgan fingerprint density at radius 2 is 2.06 bits per heavy atom. The van der Waals surface area contributed by atoms with Crippen LogP contribution in [0.25, 0.3) is 0 Å². The molecule has 2 rings (SSSR count). The van der Waals surface area contributed by atoms with Crippen LogP contribution < -0.4 is 0 Å². The zero-order valence-corrected chi connectivity index (χ0v) is 10.3. The molecular weight excluding hydrogens is 202 g/mol. The van der Waals surface area contributed by atoms with Gasteiger partial charge in [-0.25, -0.2) is 4.98 Å². The summed E-state index contributed by atoms with van der Waals surface area (Å²) in [5.74, 6) is 0.400. The highest BCUT2D eigenvalue weighted by Crippen LogP contribution is 2.46. The minimum atomic E-state index is -0.682. The average molecular weight is 223 g/mol. The molecule has 0 aliphatic heterocycles. The van der Waals surface area contributed by atoms with Gasteiger partial charge >= 0.3 is 0 Å². The average Bonchev–Trinajstić information content (AvgIpc) is 2.50. The van der Waals surface area contributed by atoms with Crippen LogP contribution in [0.4, 0.5) is 0 Å². The monoisotopic (exact) mass is 223 g/mol. The molecular formula is C12H21N3O. The first kappa shape index (κ1) is 11.6. The van der Waals surface area contributed by atoms with Gasteiger partial charge < -0.3 is 5.11 Å². The van der Waals surface area contributed by atoms with Gasteiger partial charge in [0.15, 0.2) is 0 Å². The zero-order chi connectivity index (χ0) is 11.8. The van der Waals surface area contributed by atoms with Crippen LogP contribution in [0.5, 0.6) is 0 Å². The van der Waals surface area contributed by atoms with Gasteiger partial charge in [-0.3, -0.25) is 4.68 Å². The minimum absolute atomic E-state index is 0.135. The molecule has 0 amide bonds. The number of hydrogen-bond acceptors (Lipinski definition) is 3. The Labute approximate surface area is 96.7 Å². The SMILES string of the molecule is CC(C)(C)C(O)(Cn1cncn1)C1CCC1. The van der Waals surface area contributed by atoms with E-state index in [0.717, 1.165) is 12.8 Å². The lowest BCUT2D eigenvalue weighted by Crippen LogP contribution is -2.54. The van der Waals surface area contributed by atoms with Crippen molar-refractivity contribution >= 4 is 0 Å². The van der Waals surface area contributed by atoms with Gasteiger partial charge in [0.05, 0.1) is 12.1 Å². The number of aliphatic hydroxyl groups is 1. The van der Waals surface area contributed by atoms with Crippen molar-refractivity contribution in [2.24, 2.45) is 11.3 Å². The highest BCUT2D eigenvalue weighted by atomic mass is 16.3. The Bertz CT molecular complexity index is 338. The van der Waals surface area contributed by atoms with Crippen LogP contribution in [0, 0.1) is 11.3 Å². The molecule has 4 heteroatoms. The molecule has 1 heterocycles. The quantitative estimate of drug-likeness (QED) is 0.851. The van der Waals surface area contributed by atoms with Crippen LogP contribution in [0.15, 0.2) is 12.7 Å². The largest absolute Gasteiger partial charge is 0.387 e. The second-order valence-corrected chi connectivity index (χ2v) is 5.90. The molecule has 16 heavy (non-hydrogen) atoms. The van der Waals surface area contributed by atoms with Crippen molar-refractivity contribution in [2.45, 2.75) is 52.2 Å². The molecule has 1 fully saturated rings. The summed E-state index contributed by atoms with van der Waals surface area (Å²) in [6.07, 6.45) is 6.69. The number of rotatable bonds is 3. The standard InChI is InChI=1S/C12H21N3O/c1-11(2,3)12(16,10-5-4-6-10)7-15-9-13-8-14-15/h8-10,16H,4-7H2,1-3H3. The van der Waals surface area contributed by atoms with Gasteiger partial charge in [0.1, 0.15) is 12.7 Å². The molecule has 1 saturated carbocycles. The fourth-order valence-corrected chi connectivity index (χ4v) is 2.43. The van der Waals surface area contributed by atoms with Crippen LogP contribution in [0.1, 0.15) is 40.0 Å². The van der Waals surface area contributed by atoms with Crippen molar-refractivity contribution in [1.82, 2.24) is 14.8 Å². The lowest BCUT2D eigenvalue weighted by Gasteiger charge is -2.49. The van der Waals surface area contributed by atoms with Crippen LogP contribution in [-0.4, -0.2) is 25.5 Å². The summed E-state index contributed by atoms with van der Waals surface area (Å²) in [5, 5.41) is 15.1. The number of nitrogens with zero attached hydrogens (tertiary/aromatic N) is 3. The summed E-state index contributed by atoms with van der Waals surface area (Å²) in [7, 11) is 0. The first-order chi connectivity index (χ1) is 7.43. The summed E-state index contributed by atoms with van der Waals surface area (Å²) in [5.41, 5.74) is -0.816. The maximum atomic E-state index is 11.0. The van der Waals surface area contributed by atoms with Crippen LogP contribution >= 0.6 is 0 Å². The molecule has 1 aromatic rings. The van der Waals surface area contributed by atoms with E-state index in [0.29, 0.717) is 12.5 Å². The third-order valence-electron chi connectivity index (χ3n) is 3.95. The van der Waals surface area contributed by atoms with E-state index in [1.54, 1.807) is 11.0 Å². The molecule has 0 spiro atoms. The lowest BCUT2D eigenvalue weighted by atomic mass is 9.62. The topological polar surface area (TPSA) is 50.9 Å². The molecule has 1 aliphatic rings. The fourth-order valence-electron chi connectivity index (χ4n) is 2.43. The third kappa shape index (κ3) is 1.86. The summed E-state index contributed by atoms with van der Waals surface area (Å²) in [6.45, 7) is 6.84. The number of hydrogen-bond donors (Lipinski definition) is 1. The maximum Gasteiger partial charge on any atom is 0.137 e. The van der Waals surface area contributed by atoms with E-state index < -0.39 is 5.60 Å². The molecule has 0 saturated heterocycles. The van der Waals surface area contributed by atoms with E-state index in [9.17, 15) is 5.11 Å². The van der Waals surface area contributed by atoms with Crippen molar-refractivity contribution in [3.63, 3.8) is 0 Å². The van der Waals surface area contributed by atoms with Gasteiger partial charge in [-0.15, -0.1) is 0 Å². The van der Waals surface area contributed by atoms with Crippen LogP contribution in [0.2, 0.25) is 0 Å². The Morgan fingerprint density at radius 3 is 2.44 bits per heavy atom. The van der Waals surface area contributed by atoms with Crippen molar-refractivity contribution < 1.29 is 5.11 Å². The summed E-state index contributed by atoms with van der Waals surface area (Å²) < 4.78 is 1.74. The van der Waals surface area contributed by atoms with Gasteiger partial charge in [-0.2, -0.15) is 5.10 Å². The van der Waals surface area contributed by atoms with E-state index in [4.69, 9.17) is 0 Å². The van der Waals surface area contributed by atoms with E-state index in [1.807, 2.05) is 0 Å². The first-order valence-corrected chi connectivity index (χ1v) is 5.98. The van der Waals surface area contributed by atoms with Gasteiger partial charge in [0.2, 0.25) is 0 Å². The molecule has 1 N–H and O–H groups in total. The highest BCUT2D eigenvalue weighted by Gasteiger charge is 2.48. The minimum Gasteiger partial charge on any atom is -0.387 e. The zero-order valence-electron chi connectivity index (χ0n) is 10.3. The lowest BCUT2D eigenvalue weighted by molar-refractivity contribution is -0.140. The third-order valence-corrected chi connectivity index (χ3v) is 3.95. The van der Waals surface area contributed by atoms with E-state index in [2.05, 4.69) is 30.9 Å². The van der Waals surface area contributed by atoms with Crippen LogP contribution in [0.3, 0.4) is 0 Å². The van der Waals surface area contributed by atoms with Crippen molar-refractivity contribution in [3.05, 3.63) is 12.7 Å². The molecule has 1 aromatic heterocycles. The molecule has 1 atom stereocenters. The molecule has 0 radical (unpaired) electrons. The molecule has 1 aliphatic carbocycles. The van der Waals surface area contributed by atoms with Gasteiger partial charge in [0.25, 0.3) is 0 Å². The van der Waals surface area contributed by atoms with Crippen molar-refractivity contribution in [3.8, 4) is 0 Å². The predicted molar refractivity (Wildman–Crippen MR) is 61.8 cm³/mol. The van der Waals surface area contributed by atoms with Crippen LogP contribution in [-0.2, 0) is 6.54 Å². The second kappa shape index (κ2) is 3.84. The molecule has 1 unspecified atom stereocenters. The first-order valence-electron chi connectivity index (χ1n) is 5.98. The Kier molecular flexibility index (Phi) is 2.78. The maximum absolute atomic E-state index is 11.0.